The first-order valence-electron chi connectivity index (χ1n) is 19.2. The van der Waals surface area contributed by atoms with Crippen LogP contribution in [-0.4, -0.2) is 83.6 Å². The van der Waals surface area contributed by atoms with Crippen molar-refractivity contribution in [2.24, 2.45) is 14.1 Å². The van der Waals surface area contributed by atoms with Crippen LogP contribution in [0.5, 0.6) is 0 Å². The molecule has 0 atom stereocenters. The number of carbonyl (C=O) groups excluding carboxylic acids is 2. The number of benzene rings is 4. The second-order valence-corrected chi connectivity index (χ2v) is 18.4. The third-order valence-corrected chi connectivity index (χ3v) is 12.1. The maximum Gasteiger partial charge on any atom is 0.498 e. The van der Waals surface area contributed by atoms with E-state index in [2.05, 4.69) is 74.8 Å². The van der Waals surface area contributed by atoms with Gasteiger partial charge in [0.15, 0.2) is 11.4 Å². The largest absolute Gasteiger partial charge is 0.498 e. The average molecular weight is 1080 g/mol. The third kappa shape index (κ3) is 9.44. The summed E-state index contributed by atoms with van der Waals surface area (Å²) in [5, 5.41) is 18.8. The molecule has 0 unspecified atom stereocenters. The molecule has 5 heterocycles. The maximum absolute atomic E-state index is 12.3. The predicted octanol–water partition coefficient (Wildman–Crippen LogP) is 8.87. The first-order valence-corrected chi connectivity index (χ1v) is 21.9. The van der Waals surface area contributed by atoms with Gasteiger partial charge in [0.05, 0.1) is 54.0 Å². The summed E-state index contributed by atoms with van der Waals surface area (Å²) >= 11 is 9.14. The van der Waals surface area contributed by atoms with E-state index in [0.29, 0.717) is 5.69 Å². The summed E-state index contributed by atoms with van der Waals surface area (Å²) in [5.74, 6) is -0.900. The summed E-state index contributed by atoms with van der Waals surface area (Å²) < 4.78 is 31.5. The number of aryl methyl sites for hydroxylation is 2. The summed E-state index contributed by atoms with van der Waals surface area (Å²) in [6.07, 6.45) is 7.42. The smallest absolute Gasteiger partial charge is 0.464 e. The van der Waals surface area contributed by atoms with Crippen molar-refractivity contribution in [1.29, 1.82) is 0 Å². The van der Waals surface area contributed by atoms with Crippen molar-refractivity contribution in [1.82, 2.24) is 39.1 Å². The summed E-state index contributed by atoms with van der Waals surface area (Å²) in [7, 11) is 6.17. The van der Waals surface area contributed by atoms with Gasteiger partial charge in [-0.05, 0) is 123 Å². The Morgan fingerprint density at radius 1 is 0.661 bits per heavy atom. The molecule has 1 fully saturated rings. The van der Waals surface area contributed by atoms with Crippen LogP contribution in [0.2, 0.25) is 0 Å². The van der Waals surface area contributed by atoms with E-state index in [1.165, 1.54) is 14.2 Å². The summed E-state index contributed by atoms with van der Waals surface area (Å²) in [4.78, 5) is 24.2. The fourth-order valence-corrected chi connectivity index (χ4v) is 7.87. The Morgan fingerprint density at radius 2 is 1.16 bits per heavy atom. The molecule has 0 spiro atoms. The Morgan fingerprint density at radius 3 is 1.63 bits per heavy atom. The molecule has 14 nitrogen and oxygen atoms in total. The highest BCUT2D eigenvalue weighted by Crippen LogP contribution is 2.36. The van der Waals surface area contributed by atoms with Gasteiger partial charge in [-0.15, -0.1) is 0 Å². The molecule has 1 saturated heterocycles. The minimum atomic E-state index is -0.466. The second-order valence-electron chi connectivity index (χ2n) is 15.3. The quantitative estimate of drug-likeness (QED) is 0.0901. The van der Waals surface area contributed by atoms with Crippen molar-refractivity contribution in [2.45, 2.75) is 38.9 Å². The molecular formula is C44H42BBr2IN8O6. The fourth-order valence-electron chi connectivity index (χ4n) is 6.60. The molecule has 0 amide bonds. The molecule has 1 aliphatic heterocycles. The highest BCUT2D eigenvalue weighted by atomic mass is 127. The van der Waals surface area contributed by atoms with Gasteiger partial charge in [-0.3, -0.25) is 9.36 Å². The second kappa shape index (κ2) is 18.3. The Balaban J connectivity index is 0.000000145. The van der Waals surface area contributed by atoms with Gasteiger partial charge in [0.25, 0.3) is 0 Å². The Hall–Kier alpha value is -5.15. The van der Waals surface area contributed by atoms with Crippen LogP contribution in [0, 0.1) is 3.57 Å². The van der Waals surface area contributed by atoms with Crippen LogP contribution in [0.15, 0.2) is 119 Å². The van der Waals surface area contributed by atoms with Gasteiger partial charge in [-0.2, -0.15) is 20.4 Å². The lowest BCUT2D eigenvalue weighted by Crippen LogP contribution is -2.41. The number of carbonyl (C=O) groups is 2. The van der Waals surface area contributed by atoms with Crippen molar-refractivity contribution >= 4 is 101 Å². The number of rotatable bonds is 6. The molecule has 4 aromatic carbocycles. The van der Waals surface area contributed by atoms with Crippen molar-refractivity contribution in [3.8, 4) is 22.5 Å². The zero-order valence-corrected chi connectivity index (χ0v) is 40.5. The Kier molecular flexibility index (Phi) is 13.2. The minimum Gasteiger partial charge on any atom is -0.464 e. The molecule has 0 aliphatic carbocycles. The van der Waals surface area contributed by atoms with Gasteiger partial charge in [-0.25, -0.2) is 19.0 Å². The van der Waals surface area contributed by atoms with Gasteiger partial charge in [0.1, 0.15) is 0 Å². The van der Waals surface area contributed by atoms with Crippen LogP contribution in [0.4, 0.5) is 0 Å². The number of halogens is 3. The van der Waals surface area contributed by atoms with Gasteiger partial charge in [0, 0.05) is 67.0 Å². The number of aromatic nitrogens is 8. The Bertz CT molecular complexity index is 2930. The van der Waals surface area contributed by atoms with Crippen LogP contribution in [-0.2, 0) is 32.9 Å². The lowest BCUT2D eigenvalue weighted by atomic mass is 9.82. The summed E-state index contributed by atoms with van der Waals surface area (Å²) in [5.41, 5.74) is 6.38. The number of esters is 2. The van der Waals surface area contributed by atoms with Crippen molar-refractivity contribution in [3.63, 3.8) is 0 Å². The lowest BCUT2D eigenvalue weighted by molar-refractivity contribution is 0.00578. The van der Waals surface area contributed by atoms with Crippen molar-refractivity contribution < 1.29 is 28.4 Å². The number of fused-ring (bicyclic) bond motifs is 2. The van der Waals surface area contributed by atoms with Crippen LogP contribution in [0.3, 0.4) is 0 Å². The number of hydrogen-bond acceptors (Lipinski definition) is 10. The zero-order chi connectivity index (χ0) is 44.5. The molecule has 0 saturated carbocycles. The van der Waals surface area contributed by atoms with Gasteiger partial charge >= 0.3 is 19.1 Å². The summed E-state index contributed by atoms with van der Waals surface area (Å²) in [6.45, 7) is 8.18. The van der Waals surface area contributed by atoms with E-state index in [1.54, 1.807) is 31.1 Å². The van der Waals surface area contributed by atoms with Crippen LogP contribution >= 0.6 is 54.5 Å². The molecule has 318 valence electrons. The molecule has 9 rings (SSSR count). The molecule has 8 aromatic rings. The molecule has 18 heteroatoms. The molecular weight excluding hydrogens is 1030 g/mol. The number of nitrogens with zero attached hydrogens (tertiary/aromatic N) is 8. The van der Waals surface area contributed by atoms with E-state index in [-0.39, 0.29) is 24.0 Å². The predicted molar refractivity (Wildman–Crippen MR) is 254 cm³/mol. The van der Waals surface area contributed by atoms with Crippen LogP contribution in [0.1, 0.15) is 48.7 Å². The monoisotopic (exact) mass is 1070 g/mol. The van der Waals surface area contributed by atoms with E-state index in [4.69, 9.17) is 18.8 Å². The average Bonchev–Trinajstić information content (AvgIpc) is 4.07. The van der Waals surface area contributed by atoms with E-state index in [0.717, 1.165) is 62.3 Å². The third-order valence-electron chi connectivity index (χ3n) is 10.5. The van der Waals surface area contributed by atoms with E-state index >= 15 is 0 Å². The van der Waals surface area contributed by atoms with Crippen LogP contribution in [0.25, 0.3) is 44.3 Å². The topological polar surface area (TPSA) is 142 Å². The van der Waals surface area contributed by atoms with E-state index in [1.807, 2.05) is 139 Å². The highest BCUT2D eigenvalue weighted by Gasteiger charge is 2.52. The Labute approximate surface area is 389 Å². The molecule has 1 aliphatic rings. The first kappa shape index (κ1) is 44.9. The van der Waals surface area contributed by atoms with E-state index in [9.17, 15) is 9.59 Å². The highest BCUT2D eigenvalue weighted by molar-refractivity contribution is 14.1. The SMILES string of the molecule is COC(=O)c1nn(-c2cccc(Br)c2)c2ccc(-c3cnn(C)c3)cc12.COC(=O)c1nn(-c2cccc(Br)c2)c2ccc(I)cc12.Cn1cc(B2OC(C)(C)C(C)(C)O2)cn1. The first-order chi connectivity index (χ1) is 29.5. The molecule has 4 aromatic heterocycles. The number of hydrogen-bond donors (Lipinski definition) is 0. The molecule has 0 radical (unpaired) electrons. The normalized spacial score (nSPS) is 14.0. The van der Waals surface area contributed by atoms with E-state index < -0.39 is 11.9 Å². The number of ether oxygens (including phenoxy) is 2. The molecule has 62 heavy (non-hydrogen) atoms. The lowest BCUT2D eigenvalue weighted by Gasteiger charge is -2.32. The summed E-state index contributed by atoms with van der Waals surface area (Å²) in [6, 6.07) is 27.3. The standard InChI is InChI=1S/C19H15BrN4O2.C15H10BrIN2O2.C10H17BN2O2/c1-23-11-13(10-21-23)12-6-7-17-16(8-12)18(19(25)26-2)22-24(17)15-5-3-4-14(20)9-15;1-21-15(20)14-12-8-10(17)5-6-13(12)19(18-14)11-4-2-3-9(16)7-11;1-9(2)10(3,4)15-11(14-9)8-6-12-13(5)7-8/h3-11H,1-2H3;2-8H,1H3;6-7H,1-5H3. The molecule has 0 bridgehead atoms. The van der Waals surface area contributed by atoms with Gasteiger partial charge < -0.3 is 18.8 Å². The number of methoxy groups -OCH3 is 2. The fraction of sp³-hybridized carbons (Fsp3) is 0.227. The van der Waals surface area contributed by atoms with Crippen molar-refractivity contribution in [2.75, 3.05) is 14.2 Å². The van der Waals surface area contributed by atoms with Crippen molar-refractivity contribution in [3.05, 3.63) is 134 Å². The van der Waals surface area contributed by atoms with Gasteiger partial charge in [-0.1, -0.05) is 50.1 Å². The van der Waals surface area contributed by atoms with Gasteiger partial charge in [0.2, 0.25) is 0 Å². The van der Waals surface area contributed by atoms with Crippen LogP contribution < -0.4 is 5.46 Å². The minimum absolute atomic E-state index is 0.284. The molecule has 0 N–H and O–H groups in total. The maximum atomic E-state index is 12.3. The zero-order valence-electron chi connectivity index (χ0n) is 35.1.